The molecular formula is C14H10BrN3O2S. The lowest BCUT2D eigenvalue weighted by Gasteiger charge is -2.03. The van der Waals surface area contributed by atoms with Gasteiger partial charge < -0.3 is 0 Å². The van der Waals surface area contributed by atoms with Crippen molar-refractivity contribution < 1.29 is 8.42 Å². The molecule has 3 rings (SSSR count). The van der Waals surface area contributed by atoms with E-state index in [0.717, 1.165) is 9.65 Å². The SMILES string of the molecule is O=S(=O)(c1ccccc1)n1cc(Br)c(-c2cccnc2)n1. The first-order valence-corrected chi connectivity index (χ1v) is 8.28. The topological polar surface area (TPSA) is 64.8 Å². The summed E-state index contributed by atoms with van der Waals surface area (Å²) in [6.07, 6.45) is 4.71. The van der Waals surface area contributed by atoms with Crippen LogP contribution in [0.1, 0.15) is 0 Å². The van der Waals surface area contributed by atoms with E-state index in [-0.39, 0.29) is 4.90 Å². The van der Waals surface area contributed by atoms with Crippen LogP contribution < -0.4 is 0 Å². The van der Waals surface area contributed by atoms with Gasteiger partial charge in [-0.15, -0.1) is 0 Å². The summed E-state index contributed by atoms with van der Waals surface area (Å²) in [6.45, 7) is 0. The summed E-state index contributed by atoms with van der Waals surface area (Å²) < 4.78 is 26.5. The third-order valence-electron chi connectivity index (χ3n) is 2.87. The maximum atomic E-state index is 12.5. The van der Waals surface area contributed by atoms with Crippen molar-refractivity contribution in [2.75, 3.05) is 0 Å². The van der Waals surface area contributed by atoms with Gasteiger partial charge in [-0.2, -0.15) is 17.6 Å². The van der Waals surface area contributed by atoms with Crippen LogP contribution in [0.2, 0.25) is 0 Å². The molecule has 0 bridgehead atoms. The Morgan fingerprint density at radius 3 is 2.48 bits per heavy atom. The van der Waals surface area contributed by atoms with Crippen LogP contribution in [0.5, 0.6) is 0 Å². The Hall–Kier alpha value is -1.99. The molecule has 0 spiro atoms. The zero-order valence-electron chi connectivity index (χ0n) is 10.7. The molecule has 21 heavy (non-hydrogen) atoms. The van der Waals surface area contributed by atoms with Gasteiger partial charge in [-0.25, -0.2) is 0 Å². The fraction of sp³-hybridized carbons (Fsp3) is 0. The first kappa shape index (κ1) is 14.0. The second kappa shape index (κ2) is 5.42. The molecule has 0 saturated heterocycles. The third-order valence-corrected chi connectivity index (χ3v) is 5.00. The summed E-state index contributed by atoms with van der Waals surface area (Å²) in [5, 5.41) is 4.17. The van der Waals surface area contributed by atoms with Crippen molar-refractivity contribution in [2.45, 2.75) is 4.90 Å². The van der Waals surface area contributed by atoms with Gasteiger partial charge in [0.05, 0.1) is 15.6 Å². The van der Waals surface area contributed by atoms with Crippen LogP contribution in [-0.2, 0) is 10.0 Å². The van der Waals surface area contributed by atoms with Crippen LogP contribution in [0.4, 0.5) is 0 Å². The number of halogens is 1. The fourth-order valence-electron chi connectivity index (χ4n) is 1.86. The monoisotopic (exact) mass is 363 g/mol. The maximum absolute atomic E-state index is 12.5. The number of rotatable bonds is 3. The molecule has 0 amide bonds. The molecule has 0 saturated carbocycles. The van der Waals surface area contributed by atoms with Crippen LogP contribution in [0.15, 0.2) is 70.4 Å². The number of aromatic nitrogens is 3. The molecule has 1 aromatic carbocycles. The summed E-state index contributed by atoms with van der Waals surface area (Å²) >= 11 is 3.34. The minimum Gasteiger partial charge on any atom is -0.264 e. The average Bonchev–Trinajstić information content (AvgIpc) is 2.92. The van der Waals surface area contributed by atoms with E-state index in [1.807, 2.05) is 6.07 Å². The average molecular weight is 364 g/mol. The molecule has 106 valence electrons. The molecule has 2 heterocycles. The molecule has 3 aromatic rings. The van der Waals surface area contributed by atoms with E-state index in [1.54, 1.807) is 36.7 Å². The summed E-state index contributed by atoms with van der Waals surface area (Å²) in [5.74, 6) is 0. The van der Waals surface area contributed by atoms with E-state index in [0.29, 0.717) is 10.2 Å². The lowest BCUT2D eigenvalue weighted by molar-refractivity contribution is 0.580. The third kappa shape index (κ3) is 2.62. The van der Waals surface area contributed by atoms with Gasteiger partial charge in [-0.1, -0.05) is 18.2 Å². The number of hydrogen-bond acceptors (Lipinski definition) is 4. The highest BCUT2D eigenvalue weighted by molar-refractivity contribution is 9.10. The van der Waals surface area contributed by atoms with Gasteiger partial charge in [-0.05, 0) is 40.2 Å². The van der Waals surface area contributed by atoms with Crippen molar-refractivity contribution in [2.24, 2.45) is 0 Å². The van der Waals surface area contributed by atoms with Gasteiger partial charge in [0.1, 0.15) is 5.69 Å². The molecule has 0 radical (unpaired) electrons. The summed E-state index contributed by atoms with van der Waals surface area (Å²) in [5.41, 5.74) is 1.27. The summed E-state index contributed by atoms with van der Waals surface area (Å²) in [6, 6.07) is 11.8. The van der Waals surface area contributed by atoms with E-state index >= 15 is 0 Å². The van der Waals surface area contributed by atoms with Crippen LogP contribution in [-0.4, -0.2) is 22.6 Å². The first-order chi connectivity index (χ1) is 10.1. The highest BCUT2D eigenvalue weighted by Gasteiger charge is 2.20. The Morgan fingerprint density at radius 1 is 1.05 bits per heavy atom. The molecule has 0 unspecified atom stereocenters. The highest BCUT2D eigenvalue weighted by atomic mass is 79.9. The van der Waals surface area contributed by atoms with Crippen LogP contribution >= 0.6 is 15.9 Å². The molecule has 0 aliphatic carbocycles. The molecular weight excluding hydrogens is 354 g/mol. The zero-order valence-corrected chi connectivity index (χ0v) is 13.1. The number of nitrogens with zero attached hydrogens (tertiary/aromatic N) is 3. The largest absolute Gasteiger partial charge is 0.282 e. The number of pyridine rings is 1. The molecule has 0 aliphatic rings. The van der Waals surface area contributed by atoms with E-state index in [2.05, 4.69) is 26.0 Å². The van der Waals surface area contributed by atoms with Crippen molar-refractivity contribution >= 4 is 26.0 Å². The lowest BCUT2D eigenvalue weighted by Crippen LogP contribution is -2.13. The van der Waals surface area contributed by atoms with Gasteiger partial charge in [0.15, 0.2) is 0 Å². The van der Waals surface area contributed by atoms with E-state index < -0.39 is 10.0 Å². The van der Waals surface area contributed by atoms with Crippen molar-refractivity contribution in [1.82, 2.24) is 14.2 Å². The van der Waals surface area contributed by atoms with E-state index in [4.69, 9.17) is 0 Å². The van der Waals surface area contributed by atoms with Gasteiger partial charge in [0, 0.05) is 18.0 Å². The standard InChI is InChI=1S/C14H10BrN3O2S/c15-13-10-18(17-14(13)11-5-4-8-16-9-11)21(19,20)12-6-2-1-3-7-12/h1-10H. The molecule has 0 aliphatic heterocycles. The van der Waals surface area contributed by atoms with Gasteiger partial charge in [-0.3, -0.25) is 4.98 Å². The van der Waals surface area contributed by atoms with Crippen molar-refractivity contribution in [3.05, 3.63) is 65.5 Å². The maximum Gasteiger partial charge on any atom is 0.282 e. The predicted molar refractivity (Wildman–Crippen MR) is 82.2 cm³/mol. The second-order valence-corrected chi connectivity index (χ2v) is 6.91. The Morgan fingerprint density at radius 2 is 1.81 bits per heavy atom. The molecule has 0 fully saturated rings. The molecule has 0 N–H and O–H groups in total. The smallest absolute Gasteiger partial charge is 0.264 e. The van der Waals surface area contributed by atoms with Gasteiger partial charge in [0.25, 0.3) is 10.0 Å². The number of benzene rings is 1. The summed E-state index contributed by atoms with van der Waals surface area (Å²) in [4.78, 5) is 4.20. The molecule has 7 heteroatoms. The van der Waals surface area contributed by atoms with Crippen molar-refractivity contribution in [1.29, 1.82) is 0 Å². The minimum atomic E-state index is -3.69. The molecule has 0 atom stereocenters. The van der Waals surface area contributed by atoms with E-state index in [9.17, 15) is 8.42 Å². The van der Waals surface area contributed by atoms with Gasteiger partial charge >= 0.3 is 0 Å². The van der Waals surface area contributed by atoms with E-state index in [1.165, 1.54) is 18.3 Å². The van der Waals surface area contributed by atoms with Crippen LogP contribution in [0, 0.1) is 0 Å². The number of hydrogen-bond donors (Lipinski definition) is 0. The fourth-order valence-corrected chi connectivity index (χ4v) is 3.64. The van der Waals surface area contributed by atoms with Crippen molar-refractivity contribution in [3.8, 4) is 11.3 Å². The highest BCUT2D eigenvalue weighted by Crippen LogP contribution is 2.27. The Labute approximate surface area is 130 Å². The Balaban J connectivity index is 2.10. The Kier molecular flexibility index (Phi) is 3.60. The molecule has 2 aromatic heterocycles. The van der Waals surface area contributed by atoms with Crippen molar-refractivity contribution in [3.63, 3.8) is 0 Å². The Bertz CT molecular complexity index is 862. The minimum absolute atomic E-state index is 0.192. The van der Waals surface area contributed by atoms with Crippen LogP contribution in [0.25, 0.3) is 11.3 Å². The lowest BCUT2D eigenvalue weighted by atomic mass is 10.2. The summed E-state index contributed by atoms with van der Waals surface area (Å²) in [7, 11) is -3.69. The predicted octanol–water partition coefficient (Wildman–Crippen LogP) is 2.94. The zero-order chi connectivity index (χ0) is 14.9. The van der Waals surface area contributed by atoms with Crippen LogP contribution in [0.3, 0.4) is 0 Å². The normalized spacial score (nSPS) is 11.5. The molecule has 5 nitrogen and oxygen atoms in total. The second-order valence-electron chi connectivity index (χ2n) is 4.26. The van der Waals surface area contributed by atoms with Gasteiger partial charge in [0.2, 0.25) is 0 Å². The first-order valence-electron chi connectivity index (χ1n) is 6.05. The quantitative estimate of drug-likeness (QED) is 0.717.